The molecule has 1 fully saturated rings. The quantitative estimate of drug-likeness (QED) is 0.543. The summed E-state index contributed by atoms with van der Waals surface area (Å²) in [6.07, 6.45) is -1.01. The smallest absolute Gasteiger partial charge is 0.272 e. The monoisotopic (exact) mass is 497 g/mol. The molecule has 1 saturated heterocycles. The van der Waals surface area contributed by atoms with Crippen LogP contribution in [-0.4, -0.2) is 35.7 Å². The van der Waals surface area contributed by atoms with Gasteiger partial charge < -0.3 is 10.1 Å². The SMILES string of the molecule is CC(C)(C(=O)NCc1cc(F)c(C2CCC(=O)NC2=O)c(Cl)c1)c1ccc(OCC(F)F)nc1. The number of rotatable bonds is 8. The Morgan fingerprint density at radius 2 is 2.06 bits per heavy atom. The summed E-state index contributed by atoms with van der Waals surface area (Å²) in [5, 5.41) is 4.92. The summed E-state index contributed by atoms with van der Waals surface area (Å²) in [6.45, 7) is 2.49. The molecular formula is C23H23ClF3N3O4. The van der Waals surface area contributed by atoms with Gasteiger partial charge >= 0.3 is 0 Å². The standard InChI is InChI=1S/C23H23ClF3N3O4/c1-23(2,13-3-6-19(28-10-13)34-11-17(26)27)22(33)29-9-12-7-15(24)20(16(25)8-12)14-4-5-18(31)30-21(14)32/h3,6-8,10,14,17H,4-5,9,11H2,1-2H3,(H,29,33)(H,30,31,32). The molecule has 0 spiro atoms. The molecule has 0 saturated carbocycles. The van der Waals surface area contributed by atoms with E-state index in [1.807, 2.05) is 0 Å². The van der Waals surface area contributed by atoms with Gasteiger partial charge in [0.15, 0.2) is 6.61 Å². The van der Waals surface area contributed by atoms with Crippen LogP contribution in [0, 0.1) is 5.82 Å². The van der Waals surface area contributed by atoms with E-state index in [4.69, 9.17) is 16.3 Å². The van der Waals surface area contributed by atoms with Crippen molar-refractivity contribution in [3.8, 4) is 5.88 Å². The molecule has 1 aromatic heterocycles. The van der Waals surface area contributed by atoms with Gasteiger partial charge in [-0.25, -0.2) is 18.2 Å². The van der Waals surface area contributed by atoms with Crippen molar-refractivity contribution >= 4 is 29.3 Å². The average Bonchev–Trinajstić information content (AvgIpc) is 2.77. The van der Waals surface area contributed by atoms with E-state index in [9.17, 15) is 27.6 Å². The first-order valence-corrected chi connectivity index (χ1v) is 10.8. The van der Waals surface area contributed by atoms with E-state index in [0.29, 0.717) is 11.1 Å². The van der Waals surface area contributed by atoms with Gasteiger partial charge in [0, 0.05) is 35.8 Å². The normalized spacial score (nSPS) is 16.4. The van der Waals surface area contributed by atoms with Gasteiger partial charge in [-0.15, -0.1) is 0 Å². The number of piperidine rings is 1. The van der Waals surface area contributed by atoms with Gasteiger partial charge in [-0.3, -0.25) is 19.7 Å². The molecular weight excluding hydrogens is 475 g/mol. The van der Waals surface area contributed by atoms with Crippen molar-refractivity contribution in [3.05, 3.63) is 58.0 Å². The van der Waals surface area contributed by atoms with Crippen molar-refractivity contribution in [2.45, 2.75) is 51.0 Å². The third kappa shape index (κ3) is 5.85. The summed E-state index contributed by atoms with van der Waals surface area (Å²) in [4.78, 5) is 40.2. The Bertz CT molecular complexity index is 1070. The van der Waals surface area contributed by atoms with Crippen LogP contribution in [0.3, 0.4) is 0 Å². The van der Waals surface area contributed by atoms with Gasteiger partial charge in [-0.1, -0.05) is 17.7 Å². The van der Waals surface area contributed by atoms with Crippen molar-refractivity contribution in [2.75, 3.05) is 6.61 Å². The molecule has 2 heterocycles. The fourth-order valence-corrected chi connectivity index (χ4v) is 3.92. The molecule has 1 atom stereocenters. The minimum atomic E-state index is -2.62. The number of carbonyl (C=O) groups is 3. The molecule has 0 bridgehead atoms. The Kier molecular flexibility index (Phi) is 7.81. The molecule has 1 aromatic carbocycles. The molecule has 1 aliphatic heterocycles. The van der Waals surface area contributed by atoms with Crippen LogP contribution in [0.15, 0.2) is 30.5 Å². The summed E-state index contributed by atoms with van der Waals surface area (Å²) >= 11 is 6.25. The maximum Gasteiger partial charge on any atom is 0.272 e. The topological polar surface area (TPSA) is 97.4 Å². The van der Waals surface area contributed by atoms with Crippen LogP contribution in [0.25, 0.3) is 0 Å². The first kappa shape index (κ1) is 25.5. The number of aromatic nitrogens is 1. The first-order chi connectivity index (χ1) is 16.0. The molecule has 182 valence electrons. The number of nitrogens with zero attached hydrogens (tertiary/aromatic N) is 1. The van der Waals surface area contributed by atoms with E-state index in [2.05, 4.69) is 15.6 Å². The molecule has 3 rings (SSSR count). The lowest BCUT2D eigenvalue weighted by Crippen LogP contribution is -2.40. The fourth-order valence-electron chi connectivity index (χ4n) is 3.56. The van der Waals surface area contributed by atoms with E-state index < -0.39 is 42.0 Å². The van der Waals surface area contributed by atoms with Crippen LogP contribution in [0.2, 0.25) is 5.02 Å². The highest BCUT2D eigenvalue weighted by Crippen LogP contribution is 2.33. The molecule has 0 aliphatic carbocycles. The molecule has 0 radical (unpaired) electrons. The Balaban J connectivity index is 1.67. The van der Waals surface area contributed by atoms with Gasteiger partial charge in [0.05, 0.1) is 11.3 Å². The lowest BCUT2D eigenvalue weighted by molar-refractivity contribution is -0.134. The number of nitrogens with one attached hydrogen (secondary N) is 2. The van der Waals surface area contributed by atoms with Crippen molar-refractivity contribution in [3.63, 3.8) is 0 Å². The van der Waals surface area contributed by atoms with Crippen LogP contribution >= 0.6 is 11.6 Å². The maximum absolute atomic E-state index is 14.8. The number of ether oxygens (including phenoxy) is 1. The predicted octanol–water partition coefficient (Wildman–Crippen LogP) is 3.63. The van der Waals surface area contributed by atoms with Crippen LogP contribution in [0.4, 0.5) is 13.2 Å². The zero-order chi connectivity index (χ0) is 25.0. The second-order valence-corrected chi connectivity index (χ2v) is 8.78. The minimum Gasteiger partial charge on any atom is -0.472 e. The van der Waals surface area contributed by atoms with E-state index in [1.54, 1.807) is 19.9 Å². The summed E-state index contributed by atoms with van der Waals surface area (Å²) < 4.78 is 44.1. The summed E-state index contributed by atoms with van der Waals surface area (Å²) in [7, 11) is 0. The van der Waals surface area contributed by atoms with E-state index in [1.165, 1.54) is 24.4 Å². The zero-order valence-corrected chi connectivity index (χ0v) is 19.2. The van der Waals surface area contributed by atoms with Crippen molar-refractivity contribution in [1.82, 2.24) is 15.6 Å². The summed E-state index contributed by atoms with van der Waals surface area (Å²) in [5.74, 6) is -2.95. The van der Waals surface area contributed by atoms with Gasteiger partial charge in [0.1, 0.15) is 5.82 Å². The highest BCUT2D eigenvalue weighted by Gasteiger charge is 2.33. The predicted molar refractivity (Wildman–Crippen MR) is 117 cm³/mol. The Morgan fingerprint density at radius 1 is 1.32 bits per heavy atom. The number of alkyl halides is 2. The van der Waals surface area contributed by atoms with Crippen molar-refractivity contribution < 1.29 is 32.3 Å². The molecule has 2 N–H and O–H groups in total. The highest BCUT2D eigenvalue weighted by molar-refractivity contribution is 6.31. The third-order valence-corrected chi connectivity index (χ3v) is 5.88. The molecule has 34 heavy (non-hydrogen) atoms. The number of hydrogen-bond donors (Lipinski definition) is 2. The number of pyridine rings is 1. The number of hydrogen-bond acceptors (Lipinski definition) is 5. The molecule has 1 aliphatic rings. The minimum absolute atomic E-state index is 0.0153. The highest BCUT2D eigenvalue weighted by atomic mass is 35.5. The Hall–Kier alpha value is -3.14. The molecule has 3 amide bonds. The molecule has 11 heteroatoms. The molecule has 7 nitrogen and oxygen atoms in total. The molecule has 2 aromatic rings. The van der Waals surface area contributed by atoms with Gasteiger partial charge in [0.25, 0.3) is 6.43 Å². The maximum atomic E-state index is 14.8. The fraction of sp³-hybridized carbons (Fsp3) is 0.391. The van der Waals surface area contributed by atoms with E-state index in [0.717, 1.165) is 0 Å². The average molecular weight is 498 g/mol. The largest absolute Gasteiger partial charge is 0.472 e. The third-order valence-electron chi connectivity index (χ3n) is 5.56. The number of carbonyl (C=O) groups excluding carboxylic acids is 3. The van der Waals surface area contributed by atoms with Gasteiger partial charge in [-0.2, -0.15) is 0 Å². The second kappa shape index (κ2) is 10.4. The van der Waals surface area contributed by atoms with Gasteiger partial charge in [-0.05, 0) is 43.5 Å². The lowest BCUT2D eigenvalue weighted by Gasteiger charge is -2.25. The van der Waals surface area contributed by atoms with Crippen LogP contribution in [0.1, 0.15) is 49.3 Å². The number of imide groups is 1. The van der Waals surface area contributed by atoms with E-state index >= 15 is 0 Å². The molecule has 1 unspecified atom stereocenters. The Morgan fingerprint density at radius 3 is 2.65 bits per heavy atom. The second-order valence-electron chi connectivity index (χ2n) is 8.37. The van der Waals surface area contributed by atoms with Crippen molar-refractivity contribution in [1.29, 1.82) is 0 Å². The number of halogens is 4. The number of amides is 3. The summed E-state index contributed by atoms with van der Waals surface area (Å²) in [6, 6.07) is 5.61. The number of benzene rings is 1. The lowest BCUT2D eigenvalue weighted by atomic mass is 9.84. The van der Waals surface area contributed by atoms with Crippen LogP contribution in [0.5, 0.6) is 5.88 Å². The summed E-state index contributed by atoms with van der Waals surface area (Å²) in [5.41, 5.74) is -0.117. The first-order valence-electron chi connectivity index (χ1n) is 10.5. The van der Waals surface area contributed by atoms with Crippen molar-refractivity contribution in [2.24, 2.45) is 0 Å². The van der Waals surface area contributed by atoms with Crippen LogP contribution < -0.4 is 15.4 Å². The van der Waals surface area contributed by atoms with Gasteiger partial charge in [0.2, 0.25) is 23.6 Å². The Labute approximate surface area is 199 Å². The van der Waals surface area contributed by atoms with Crippen LogP contribution in [-0.2, 0) is 26.3 Å². The zero-order valence-electron chi connectivity index (χ0n) is 18.5. The van der Waals surface area contributed by atoms with E-state index in [-0.39, 0.29) is 41.8 Å².